The van der Waals surface area contributed by atoms with Gasteiger partial charge in [-0.1, -0.05) is 56.6 Å². The van der Waals surface area contributed by atoms with Gasteiger partial charge in [-0.05, 0) is 56.6 Å². The van der Waals surface area contributed by atoms with Crippen LogP contribution in [0.4, 0.5) is 0 Å². The number of unbranched alkanes of at least 4 members (excludes halogenated alkanes) is 1. The fraction of sp³-hybridized carbons (Fsp3) is 0.600. The van der Waals surface area contributed by atoms with E-state index in [0.29, 0.717) is 37.4 Å². The van der Waals surface area contributed by atoms with Crippen molar-refractivity contribution in [1.82, 2.24) is 14.8 Å². The lowest BCUT2D eigenvalue weighted by Crippen LogP contribution is -2.44. The van der Waals surface area contributed by atoms with Gasteiger partial charge in [0.25, 0.3) is 0 Å². The highest BCUT2D eigenvalue weighted by atomic mass is 32.2. The minimum absolute atomic E-state index is 0.00172. The second kappa shape index (κ2) is 10.8. The van der Waals surface area contributed by atoms with Gasteiger partial charge in [0.15, 0.2) is 5.76 Å². The number of nitrogens with zero attached hydrogens (tertiary/aromatic N) is 2. The molecule has 1 aliphatic rings. The molecular weight excluding hydrogens is 438 g/mol. The maximum absolute atomic E-state index is 13.1. The van der Waals surface area contributed by atoms with Crippen molar-refractivity contribution in [3.05, 3.63) is 46.8 Å². The molecule has 0 spiro atoms. The van der Waals surface area contributed by atoms with Gasteiger partial charge in [-0.25, -0.2) is 8.42 Å². The summed E-state index contributed by atoms with van der Waals surface area (Å²) in [6, 6.07) is 8.49. The van der Waals surface area contributed by atoms with Gasteiger partial charge >= 0.3 is 0 Å². The zero-order chi connectivity index (χ0) is 24.2. The van der Waals surface area contributed by atoms with Crippen LogP contribution in [0.5, 0.6) is 0 Å². The Balaban J connectivity index is 1.62. The molecule has 1 atom stereocenters. The number of carbonyl (C=O) groups excluding carboxylic acids is 1. The first-order valence-corrected chi connectivity index (χ1v) is 13.4. The third-order valence-electron chi connectivity index (χ3n) is 6.51. The van der Waals surface area contributed by atoms with Crippen molar-refractivity contribution in [2.24, 2.45) is 11.8 Å². The second-order valence-corrected chi connectivity index (χ2v) is 11.3. The van der Waals surface area contributed by atoms with Gasteiger partial charge in [0.05, 0.1) is 6.04 Å². The molecular formula is C25H37N3O4S. The molecule has 1 amide bonds. The molecule has 8 heteroatoms. The summed E-state index contributed by atoms with van der Waals surface area (Å²) in [5.74, 6) is 0.340. The van der Waals surface area contributed by atoms with Crippen LogP contribution >= 0.6 is 0 Å². The molecule has 1 N–H and O–H groups in total. The number of aryl methyl sites for hydroxylation is 3. The summed E-state index contributed by atoms with van der Waals surface area (Å²) in [5.41, 5.74) is 2.80. The van der Waals surface area contributed by atoms with Crippen LogP contribution < -0.4 is 5.32 Å². The molecule has 0 aliphatic carbocycles. The number of aromatic nitrogens is 1. The number of hydrogen-bond donors (Lipinski definition) is 1. The molecule has 2 aromatic rings. The summed E-state index contributed by atoms with van der Waals surface area (Å²) in [6.07, 6.45) is 4.41. The van der Waals surface area contributed by atoms with E-state index in [9.17, 15) is 13.2 Å². The van der Waals surface area contributed by atoms with Crippen molar-refractivity contribution in [2.45, 2.75) is 77.7 Å². The van der Waals surface area contributed by atoms with Crippen LogP contribution in [0.3, 0.4) is 0 Å². The van der Waals surface area contributed by atoms with E-state index in [1.54, 1.807) is 13.8 Å². The maximum Gasteiger partial charge on any atom is 0.248 e. The first kappa shape index (κ1) is 25.4. The normalized spacial score (nSPS) is 16.8. The molecule has 0 radical (unpaired) electrons. The Hall–Kier alpha value is -2.19. The SMILES string of the molecule is CCCCc1ccc(C(NC(=O)C2CCN(S(=O)(=O)c3c(C)noc3C)CC2)C(C)C)cc1. The number of sulfonamides is 1. The van der Waals surface area contributed by atoms with E-state index in [2.05, 4.69) is 55.5 Å². The van der Waals surface area contributed by atoms with Crippen molar-refractivity contribution in [3.8, 4) is 0 Å². The van der Waals surface area contributed by atoms with Gasteiger partial charge in [0.1, 0.15) is 10.6 Å². The van der Waals surface area contributed by atoms with Gasteiger partial charge < -0.3 is 9.84 Å². The van der Waals surface area contributed by atoms with Crippen LogP contribution in [0, 0.1) is 25.7 Å². The molecule has 2 heterocycles. The Morgan fingerprint density at radius 1 is 1.18 bits per heavy atom. The molecule has 1 aromatic heterocycles. The van der Waals surface area contributed by atoms with E-state index < -0.39 is 10.0 Å². The minimum atomic E-state index is -3.67. The molecule has 33 heavy (non-hydrogen) atoms. The van der Waals surface area contributed by atoms with Crippen molar-refractivity contribution in [2.75, 3.05) is 13.1 Å². The number of carbonyl (C=O) groups is 1. The number of amides is 1. The van der Waals surface area contributed by atoms with Gasteiger partial charge in [-0.3, -0.25) is 4.79 Å². The lowest BCUT2D eigenvalue weighted by molar-refractivity contribution is -0.127. The van der Waals surface area contributed by atoms with Gasteiger partial charge in [-0.2, -0.15) is 4.31 Å². The zero-order valence-corrected chi connectivity index (χ0v) is 21.2. The highest BCUT2D eigenvalue weighted by Crippen LogP contribution is 2.29. The summed E-state index contributed by atoms with van der Waals surface area (Å²) in [6.45, 7) is 10.3. The lowest BCUT2D eigenvalue weighted by atomic mass is 9.92. The van der Waals surface area contributed by atoms with Crippen molar-refractivity contribution >= 4 is 15.9 Å². The average molecular weight is 476 g/mol. The van der Waals surface area contributed by atoms with Crippen LogP contribution in [0.15, 0.2) is 33.7 Å². The number of rotatable bonds is 9. The van der Waals surface area contributed by atoms with Crippen LogP contribution in [0.2, 0.25) is 0 Å². The first-order valence-electron chi connectivity index (χ1n) is 12.0. The van der Waals surface area contributed by atoms with Crippen molar-refractivity contribution in [3.63, 3.8) is 0 Å². The largest absolute Gasteiger partial charge is 0.360 e. The number of benzene rings is 1. The zero-order valence-electron chi connectivity index (χ0n) is 20.4. The van der Waals surface area contributed by atoms with Crippen molar-refractivity contribution < 1.29 is 17.7 Å². The molecule has 1 unspecified atom stereocenters. The topological polar surface area (TPSA) is 92.5 Å². The van der Waals surface area contributed by atoms with E-state index in [4.69, 9.17) is 4.52 Å². The van der Waals surface area contributed by atoms with Crippen LogP contribution in [-0.4, -0.2) is 36.9 Å². The lowest BCUT2D eigenvalue weighted by Gasteiger charge is -2.32. The van der Waals surface area contributed by atoms with Crippen LogP contribution in [0.25, 0.3) is 0 Å². The Morgan fingerprint density at radius 2 is 1.82 bits per heavy atom. The summed E-state index contributed by atoms with van der Waals surface area (Å²) >= 11 is 0. The van der Waals surface area contributed by atoms with Crippen LogP contribution in [0.1, 0.15) is 75.1 Å². The molecule has 0 saturated carbocycles. The summed E-state index contributed by atoms with van der Waals surface area (Å²) in [7, 11) is -3.67. The fourth-order valence-electron chi connectivity index (χ4n) is 4.51. The third kappa shape index (κ3) is 5.84. The molecule has 3 rings (SSSR count). The van der Waals surface area contributed by atoms with Gasteiger partial charge in [0.2, 0.25) is 15.9 Å². The second-order valence-electron chi connectivity index (χ2n) is 9.41. The summed E-state index contributed by atoms with van der Waals surface area (Å²) in [4.78, 5) is 13.2. The third-order valence-corrected chi connectivity index (χ3v) is 8.66. The number of piperidine rings is 1. The van der Waals surface area contributed by atoms with Crippen molar-refractivity contribution in [1.29, 1.82) is 0 Å². The Kier molecular flexibility index (Phi) is 8.34. The average Bonchev–Trinajstić information content (AvgIpc) is 3.14. The molecule has 1 saturated heterocycles. The fourth-order valence-corrected chi connectivity index (χ4v) is 6.27. The standard InChI is InChI=1S/C25H37N3O4S/c1-6-7-8-20-9-11-21(12-10-20)23(17(2)3)26-25(29)22-13-15-28(16-14-22)33(30,31)24-18(4)27-32-19(24)5/h9-12,17,22-23H,6-8,13-16H2,1-5H3,(H,26,29). The van der Waals surface area contributed by atoms with E-state index in [0.717, 1.165) is 12.0 Å². The maximum atomic E-state index is 13.1. The molecule has 182 valence electrons. The highest BCUT2D eigenvalue weighted by molar-refractivity contribution is 7.89. The minimum Gasteiger partial charge on any atom is -0.360 e. The highest BCUT2D eigenvalue weighted by Gasteiger charge is 2.36. The van der Waals surface area contributed by atoms with Gasteiger partial charge in [0, 0.05) is 19.0 Å². The summed E-state index contributed by atoms with van der Waals surface area (Å²) < 4.78 is 32.6. The predicted octanol–water partition coefficient (Wildman–Crippen LogP) is 4.55. The monoisotopic (exact) mass is 475 g/mol. The Bertz CT molecular complexity index is 1020. The Labute approximate surface area is 198 Å². The smallest absolute Gasteiger partial charge is 0.248 e. The molecule has 1 aromatic carbocycles. The quantitative estimate of drug-likeness (QED) is 0.574. The van der Waals surface area contributed by atoms with E-state index >= 15 is 0 Å². The van der Waals surface area contributed by atoms with Crippen LogP contribution in [-0.2, 0) is 21.2 Å². The molecule has 1 fully saturated rings. The molecule has 7 nitrogen and oxygen atoms in total. The van der Waals surface area contributed by atoms with Gasteiger partial charge in [-0.15, -0.1) is 0 Å². The predicted molar refractivity (Wildman–Crippen MR) is 128 cm³/mol. The number of hydrogen-bond acceptors (Lipinski definition) is 5. The summed E-state index contributed by atoms with van der Waals surface area (Å²) in [5, 5.41) is 7.01. The Morgan fingerprint density at radius 3 is 2.33 bits per heavy atom. The molecule has 0 bridgehead atoms. The molecule has 1 aliphatic heterocycles. The number of nitrogens with one attached hydrogen (secondary N) is 1. The van der Waals surface area contributed by atoms with E-state index in [1.807, 2.05) is 0 Å². The first-order chi connectivity index (χ1) is 15.6. The van der Waals surface area contributed by atoms with E-state index in [-0.39, 0.29) is 28.7 Å². The van der Waals surface area contributed by atoms with E-state index in [1.165, 1.54) is 22.7 Å².